The fourth-order valence-corrected chi connectivity index (χ4v) is 2.25. The average Bonchev–Trinajstić information content (AvgIpc) is 2.55. The molecule has 23 heavy (non-hydrogen) atoms. The quantitative estimate of drug-likeness (QED) is 0.330. The van der Waals surface area contributed by atoms with Crippen molar-refractivity contribution in [2.75, 3.05) is 6.61 Å². The van der Waals surface area contributed by atoms with Gasteiger partial charge in [0.25, 0.3) is 0 Å². The molecular formula is C18H20ClNaO3. The molecule has 0 radical (unpaired) electrons. The van der Waals surface area contributed by atoms with Gasteiger partial charge in [0.05, 0.1) is 11.6 Å². The van der Waals surface area contributed by atoms with Crippen molar-refractivity contribution in [3.05, 3.63) is 59.1 Å². The third kappa shape index (κ3) is 6.56. The van der Waals surface area contributed by atoms with Gasteiger partial charge in [-0.15, -0.1) is 0 Å². The van der Waals surface area contributed by atoms with Gasteiger partial charge in [-0.2, -0.15) is 0 Å². The minimum atomic E-state index is -0.283. The Bertz CT molecular complexity index is 617. The van der Waals surface area contributed by atoms with Crippen LogP contribution in [-0.2, 0) is 11.2 Å². The number of rotatable bonds is 7. The predicted octanol–water partition coefficient (Wildman–Crippen LogP) is 4.02. The summed E-state index contributed by atoms with van der Waals surface area (Å²) in [5.74, 6) is 1.04. The summed E-state index contributed by atoms with van der Waals surface area (Å²) in [7, 11) is 0. The van der Waals surface area contributed by atoms with Crippen molar-refractivity contribution in [2.45, 2.75) is 26.2 Å². The first-order chi connectivity index (χ1) is 10.7. The third-order valence-electron chi connectivity index (χ3n) is 3.16. The molecule has 0 aromatic heterocycles. The number of carbonyl (C=O) groups is 1. The second-order valence-corrected chi connectivity index (χ2v) is 5.23. The molecule has 5 heteroatoms. The number of halogens is 1. The molecule has 0 saturated carbocycles. The topological polar surface area (TPSA) is 35.5 Å². The van der Waals surface area contributed by atoms with Crippen LogP contribution in [0.4, 0.5) is 0 Å². The molecule has 118 valence electrons. The van der Waals surface area contributed by atoms with Gasteiger partial charge in [0.1, 0.15) is 5.75 Å². The summed E-state index contributed by atoms with van der Waals surface area (Å²) in [6, 6.07) is 15.2. The first-order valence-corrected chi connectivity index (χ1v) is 7.74. The molecule has 2 aromatic rings. The predicted molar refractivity (Wildman–Crippen MR) is 94.8 cm³/mol. The van der Waals surface area contributed by atoms with Crippen LogP contribution in [0.2, 0.25) is 5.02 Å². The summed E-state index contributed by atoms with van der Waals surface area (Å²) in [5, 5.41) is 0.461. The molecule has 0 aliphatic heterocycles. The Morgan fingerprint density at radius 3 is 2.52 bits per heavy atom. The zero-order valence-corrected chi connectivity index (χ0v) is 13.3. The number of benzene rings is 2. The van der Waals surface area contributed by atoms with Gasteiger partial charge in [-0.1, -0.05) is 48.9 Å². The van der Waals surface area contributed by atoms with Gasteiger partial charge >= 0.3 is 35.5 Å². The van der Waals surface area contributed by atoms with E-state index in [1.165, 1.54) is 0 Å². The molecule has 0 unspecified atom stereocenters. The summed E-state index contributed by atoms with van der Waals surface area (Å²) >= 11 is 6.13. The van der Waals surface area contributed by atoms with Crippen molar-refractivity contribution in [1.29, 1.82) is 0 Å². The number of para-hydroxylation sites is 2. The molecule has 0 aliphatic carbocycles. The van der Waals surface area contributed by atoms with Gasteiger partial charge in [-0.05, 0) is 36.6 Å². The molecule has 2 rings (SSSR count). The molecule has 0 heterocycles. The van der Waals surface area contributed by atoms with Crippen molar-refractivity contribution in [3.8, 4) is 11.5 Å². The Kier molecular flexibility index (Phi) is 9.34. The van der Waals surface area contributed by atoms with E-state index in [1.807, 2.05) is 42.5 Å². The first-order valence-electron chi connectivity index (χ1n) is 7.36. The van der Waals surface area contributed by atoms with Crippen LogP contribution in [0.1, 0.15) is 25.3 Å². The summed E-state index contributed by atoms with van der Waals surface area (Å²) < 4.78 is 11.0. The average molecular weight is 343 g/mol. The number of esters is 1. The van der Waals surface area contributed by atoms with Crippen LogP contribution in [0.15, 0.2) is 48.5 Å². The van der Waals surface area contributed by atoms with Gasteiger partial charge < -0.3 is 9.47 Å². The van der Waals surface area contributed by atoms with Crippen LogP contribution in [-0.4, -0.2) is 42.1 Å². The fraction of sp³-hybridized carbons (Fsp3) is 0.278. The van der Waals surface area contributed by atoms with Crippen LogP contribution >= 0.6 is 11.6 Å². The molecule has 0 spiro atoms. The minimum absolute atomic E-state index is 0. The molecule has 0 bridgehead atoms. The number of hydrogen-bond acceptors (Lipinski definition) is 3. The van der Waals surface area contributed by atoms with E-state index in [-0.39, 0.29) is 35.5 Å². The standard InChI is InChI=1S/C18H19ClO3.Na.H/c1-2-17(20)22-18-14(8-6-12-16(18)19)9-7-13-21-15-10-4-3-5-11-15;;/h3-6,8,10-12H,2,7,9,13H2,1H3;;. The number of carbonyl (C=O) groups excluding carboxylic acids is 1. The van der Waals surface area contributed by atoms with E-state index in [2.05, 4.69) is 0 Å². The second-order valence-electron chi connectivity index (χ2n) is 4.82. The SMILES string of the molecule is CCC(=O)Oc1c(Cl)cccc1CCCOc1ccccc1.[NaH]. The summed E-state index contributed by atoms with van der Waals surface area (Å²) in [6.45, 7) is 2.35. The van der Waals surface area contributed by atoms with Crippen molar-refractivity contribution >= 4 is 47.1 Å². The van der Waals surface area contributed by atoms with Gasteiger partial charge in [0, 0.05) is 6.42 Å². The molecular weight excluding hydrogens is 323 g/mol. The van der Waals surface area contributed by atoms with Crippen LogP contribution < -0.4 is 9.47 Å². The molecule has 0 fully saturated rings. The van der Waals surface area contributed by atoms with Crippen LogP contribution in [0.25, 0.3) is 0 Å². The molecule has 0 aliphatic rings. The number of hydrogen-bond donors (Lipinski definition) is 0. The maximum absolute atomic E-state index is 11.5. The van der Waals surface area contributed by atoms with Gasteiger partial charge in [-0.3, -0.25) is 4.79 Å². The summed E-state index contributed by atoms with van der Waals surface area (Å²) in [6.07, 6.45) is 1.87. The number of aryl methyl sites for hydroxylation is 1. The summed E-state index contributed by atoms with van der Waals surface area (Å²) in [5.41, 5.74) is 0.922. The van der Waals surface area contributed by atoms with Gasteiger partial charge in [-0.25, -0.2) is 0 Å². The first kappa shape index (κ1) is 20.0. The van der Waals surface area contributed by atoms with E-state index in [9.17, 15) is 4.79 Å². The van der Waals surface area contributed by atoms with Crippen molar-refractivity contribution in [3.63, 3.8) is 0 Å². The zero-order chi connectivity index (χ0) is 15.8. The normalized spacial score (nSPS) is 9.83. The fourth-order valence-electron chi connectivity index (χ4n) is 2.02. The third-order valence-corrected chi connectivity index (χ3v) is 3.45. The Morgan fingerprint density at radius 1 is 1.09 bits per heavy atom. The van der Waals surface area contributed by atoms with Crippen LogP contribution in [0, 0.1) is 0 Å². The maximum atomic E-state index is 11.5. The van der Waals surface area contributed by atoms with Crippen LogP contribution in [0.5, 0.6) is 11.5 Å². The Hall–Kier alpha value is -1.000. The van der Waals surface area contributed by atoms with E-state index in [4.69, 9.17) is 21.1 Å². The van der Waals surface area contributed by atoms with E-state index >= 15 is 0 Å². The van der Waals surface area contributed by atoms with E-state index in [0.717, 1.165) is 24.2 Å². The van der Waals surface area contributed by atoms with Crippen molar-refractivity contribution < 1.29 is 14.3 Å². The second kappa shape index (κ2) is 10.7. The Balaban J connectivity index is 0.00000264. The number of ether oxygens (including phenoxy) is 2. The molecule has 0 saturated heterocycles. The Labute approximate surface area is 164 Å². The molecule has 3 nitrogen and oxygen atoms in total. The van der Waals surface area contributed by atoms with Crippen molar-refractivity contribution in [2.24, 2.45) is 0 Å². The molecule has 0 atom stereocenters. The monoisotopic (exact) mass is 342 g/mol. The van der Waals surface area contributed by atoms with E-state index in [0.29, 0.717) is 23.8 Å². The summed E-state index contributed by atoms with van der Waals surface area (Å²) in [4.78, 5) is 11.5. The Morgan fingerprint density at radius 2 is 1.83 bits per heavy atom. The molecule has 0 N–H and O–H groups in total. The molecule has 2 aromatic carbocycles. The van der Waals surface area contributed by atoms with Crippen molar-refractivity contribution in [1.82, 2.24) is 0 Å². The van der Waals surface area contributed by atoms with Crippen LogP contribution in [0.3, 0.4) is 0 Å². The van der Waals surface area contributed by atoms with E-state index < -0.39 is 0 Å². The van der Waals surface area contributed by atoms with Gasteiger partial charge in [0.2, 0.25) is 0 Å². The molecule has 0 amide bonds. The van der Waals surface area contributed by atoms with Gasteiger partial charge in [0.15, 0.2) is 5.75 Å². The van der Waals surface area contributed by atoms with E-state index in [1.54, 1.807) is 13.0 Å². The zero-order valence-electron chi connectivity index (χ0n) is 12.5.